The SMILES string of the molecule is [2H]C([2H])(CCCCC([2H])([2H])OCCCCc1ccccc1)NC([2H])([2H])C([2H])(O)c1ccc(O)c(CO)c1. The van der Waals surface area contributed by atoms with Gasteiger partial charge >= 0.3 is 0 Å². The molecule has 0 radical (unpaired) electrons. The zero-order valence-electron chi connectivity index (χ0n) is 24.2. The summed E-state index contributed by atoms with van der Waals surface area (Å²) >= 11 is 0. The third-order valence-corrected chi connectivity index (χ3v) is 4.53. The lowest BCUT2D eigenvalue weighted by molar-refractivity contribution is 0.126. The normalized spacial score (nSPS) is 18.1. The molecular formula is C25H37NO4. The lowest BCUT2D eigenvalue weighted by Gasteiger charge is -2.14. The monoisotopic (exact) mass is 422 g/mol. The summed E-state index contributed by atoms with van der Waals surface area (Å²) in [5.41, 5.74) is 0.950. The van der Waals surface area contributed by atoms with Gasteiger partial charge in [0.2, 0.25) is 0 Å². The first kappa shape index (κ1) is 15.8. The molecular weight excluding hydrogens is 378 g/mol. The number of hydrogen-bond donors (Lipinski definition) is 4. The van der Waals surface area contributed by atoms with E-state index in [9.17, 15) is 15.3 Å². The van der Waals surface area contributed by atoms with Crippen molar-refractivity contribution >= 4 is 0 Å². The highest BCUT2D eigenvalue weighted by atomic mass is 16.5. The van der Waals surface area contributed by atoms with E-state index in [1.807, 2.05) is 30.3 Å². The lowest BCUT2D eigenvalue weighted by atomic mass is 10.1. The van der Waals surface area contributed by atoms with Gasteiger partial charge in [-0.2, -0.15) is 0 Å². The first-order valence-corrected chi connectivity index (χ1v) is 10.3. The van der Waals surface area contributed by atoms with E-state index in [0.29, 0.717) is 12.8 Å². The smallest absolute Gasteiger partial charge is 0.121 e. The van der Waals surface area contributed by atoms with Crippen molar-refractivity contribution in [2.75, 3.05) is 26.2 Å². The number of hydrogen-bond acceptors (Lipinski definition) is 5. The number of aliphatic hydroxyl groups excluding tert-OH is 1. The fourth-order valence-electron chi connectivity index (χ4n) is 2.80. The number of aliphatic hydroxyl groups is 2. The largest absolute Gasteiger partial charge is 0.508 e. The Morgan fingerprint density at radius 1 is 1.00 bits per heavy atom. The van der Waals surface area contributed by atoms with Crippen LogP contribution in [0.4, 0.5) is 0 Å². The van der Waals surface area contributed by atoms with Crippen LogP contribution in [0.15, 0.2) is 48.5 Å². The highest BCUT2D eigenvalue weighted by molar-refractivity contribution is 5.36. The Hall–Kier alpha value is -1.92. The van der Waals surface area contributed by atoms with E-state index < -0.39 is 32.2 Å². The molecule has 2 aromatic rings. The van der Waals surface area contributed by atoms with Crippen molar-refractivity contribution in [3.63, 3.8) is 0 Å². The molecule has 0 amide bonds. The molecule has 0 aliphatic heterocycles. The van der Waals surface area contributed by atoms with E-state index in [1.165, 1.54) is 5.56 Å². The van der Waals surface area contributed by atoms with Crippen molar-refractivity contribution in [2.24, 2.45) is 0 Å². The summed E-state index contributed by atoms with van der Waals surface area (Å²) in [5, 5.41) is 31.6. The molecule has 0 aromatic heterocycles. The molecule has 0 spiro atoms. The number of unbranched alkanes of at least 4 members (excludes halogenated alkanes) is 2. The highest BCUT2D eigenvalue weighted by Crippen LogP contribution is 2.22. The highest BCUT2D eigenvalue weighted by Gasteiger charge is 2.09. The van der Waals surface area contributed by atoms with Gasteiger partial charge in [-0.1, -0.05) is 49.2 Å². The fourth-order valence-corrected chi connectivity index (χ4v) is 2.80. The van der Waals surface area contributed by atoms with Crippen LogP contribution in [0.3, 0.4) is 0 Å². The second-order valence-electron chi connectivity index (χ2n) is 6.92. The van der Waals surface area contributed by atoms with Crippen molar-refractivity contribution in [2.45, 2.75) is 57.6 Å². The Kier molecular flexibility index (Phi) is 7.89. The first-order valence-electron chi connectivity index (χ1n) is 13.8. The Labute approximate surface area is 190 Å². The van der Waals surface area contributed by atoms with Crippen LogP contribution in [0.25, 0.3) is 0 Å². The van der Waals surface area contributed by atoms with Crippen LogP contribution in [0.5, 0.6) is 5.75 Å². The number of aryl methyl sites for hydroxylation is 1. The molecule has 0 aliphatic carbocycles. The number of rotatable bonds is 16. The van der Waals surface area contributed by atoms with Crippen LogP contribution >= 0.6 is 0 Å². The Morgan fingerprint density at radius 3 is 2.60 bits per heavy atom. The van der Waals surface area contributed by atoms with Crippen LogP contribution in [-0.2, 0) is 17.8 Å². The van der Waals surface area contributed by atoms with Gasteiger partial charge in [0.25, 0.3) is 0 Å². The number of aromatic hydroxyl groups is 1. The zero-order valence-corrected chi connectivity index (χ0v) is 17.2. The van der Waals surface area contributed by atoms with Gasteiger partial charge in [-0.3, -0.25) is 0 Å². The van der Waals surface area contributed by atoms with Crippen molar-refractivity contribution in [3.8, 4) is 5.75 Å². The van der Waals surface area contributed by atoms with Crippen molar-refractivity contribution < 1.29 is 29.7 Å². The molecule has 0 heterocycles. The van der Waals surface area contributed by atoms with E-state index in [2.05, 4.69) is 5.32 Å². The molecule has 1 atom stereocenters. The van der Waals surface area contributed by atoms with Gasteiger partial charge in [0.1, 0.15) is 5.75 Å². The molecule has 30 heavy (non-hydrogen) atoms. The van der Waals surface area contributed by atoms with Gasteiger partial charge in [-0.25, -0.2) is 0 Å². The minimum atomic E-state index is -2.93. The van der Waals surface area contributed by atoms with Crippen LogP contribution < -0.4 is 5.32 Å². The van der Waals surface area contributed by atoms with Gasteiger partial charge in [0, 0.05) is 30.7 Å². The van der Waals surface area contributed by atoms with Crippen LogP contribution in [-0.4, -0.2) is 41.5 Å². The first-order chi connectivity index (χ1) is 17.2. The molecule has 166 valence electrons. The van der Waals surface area contributed by atoms with Crippen molar-refractivity contribution in [1.29, 1.82) is 0 Å². The number of nitrogens with one attached hydrogen (secondary N) is 1. The van der Waals surface area contributed by atoms with E-state index in [1.54, 1.807) is 0 Å². The third kappa shape index (κ3) is 9.72. The van der Waals surface area contributed by atoms with Crippen LogP contribution in [0.1, 0.15) is 70.9 Å². The van der Waals surface area contributed by atoms with Gasteiger partial charge in [-0.15, -0.1) is 0 Å². The molecule has 2 rings (SSSR count). The van der Waals surface area contributed by atoms with E-state index in [4.69, 9.17) is 14.3 Å². The summed E-state index contributed by atoms with van der Waals surface area (Å²) in [7, 11) is 0. The van der Waals surface area contributed by atoms with E-state index in [-0.39, 0.29) is 42.7 Å². The third-order valence-electron chi connectivity index (χ3n) is 4.53. The van der Waals surface area contributed by atoms with Crippen molar-refractivity contribution in [1.82, 2.24) is 5.32 Å². The molecule has 1 unspecified atom stereocenters. The van der Waals surface area contributed by atoms with E-state index >= 15 is 0 Å². The molecule has 5 nitrogen and oxygen atoms in total. The topological polar surface area (TPSA) is 82.0 Å². The molecule has 0 bridgehead atoms. The van der Waals surface area contributed by atoms with Crippen LogP contribution in [0, 0.1) is 0 Å². The number of ether oxygens (including phenoxy) is 1. The zero-order chi connectivity index (χ0) is 27.7. The summed E-state index contributed by atoms with van der Waals surface area (Å²) in [6.07, 6.45) is -0.0624. The minimum absolute atomic E-state index is 0.00494. The van der Waals surface area contributed by atoms with Crippen LogP contribution in [0.2, 0.25) is 0 Å². The quantitative estimate of drug-likeness (QED) is 0.306. The molecule has 0 aliphatic rings. The average molecular weight is 423 g/mol. The van der Waals surface area contributed by atoms with Gasteiger partial charge in [-0.05, 0) is 61.9 Å². The Bertz CT molecular complexity index is 975. The lowest BCUT2D eigenvalue weighted by Crippen LogP contribution is -2.22. The second-order valence-corrected chi connectivity index (χ2v) is 6.92. The fraction of sp³-hybridized carbons (Fsp3) is 0.520. The minimum Gasteiger partial charge on any atom is -0.508 e. The molecule has 0 fully saturated rings. The molecule has 0 saturated heterocycles. The predicted molar refractivity (Wildman–Crippen MR) is 121 cm³/mol. The summed E-state index contributed by atoms with van der Waals surface area (Å²) < 4.78 is 62.0. The molecule has 0 saturated carbocycles. The number of benzene rings is 2. The maximum absolute atomic E-state index is 10.6. The molecule has 4 N–H and O–H groups in total. The maximum Gasteiger partial charge on any atom is 0.121 e. The number of phenols is 1. The summed E-state index contributed by atoms with van der Waals surface area (Å²) in [5.74, 6) is -0.276. The van der Waals surface area contributed by atoms with E-state index in [0.717, 1.165) is 31.0 Å². The maximum atomic E-state index is 10.6. The molecule has 5 heteroatoms. The average Bonchev–Trinajstić information content (AvgIpc) is 2.81. The standard InChI is InChI=1S/C25H37NO4/c27-20-23-18-22(13-14-24(23)28)25(29)19-26-15-7-1-2-8-16-30-17-9-6-12-21-10-4-3-5-11-21/h3-5,10-11,13-14,18,25-29H,1-2,6-9,12,15-17,19-20H2/i15D2,16D2,19D2,25D. The van der Waals surface area contributed by atoms with Gasteiger partial charge in [0.15, 0.2) is 0 Å². The van der Waals surface area contributed by atoms with Gasteiger partial charge < -0.3 is 25.4 Å². The van der Waals surface area contributed by atoms with Crippen molar-refractivity contribution in [3.05, 3.63) is 65.2 Å². The second kappa shape index (κ2) is 15.0. The summed E-state index contributed by atoms with van der Waals surface area (Å²) in [6, 6.07) is 13.3. The Morgan fingerprint density at radius 2 is 1.80 bits per heavy atom. The predicted octanol–water partition coefficient (Wildman–Crippen LogP) is 4.11. The Balaban J connectivity index is 1.78. The van der Waals surface area contributed by atoms with Gasteiger partial charge in [0.05, 0.1) is 16.8 Å². The summed E-state index contributed by atoms with van der Waals surface area (Å²) in [4.78, 5) is 0. The molecule has 2 aromatic carbocycles. The summed E-state index contributed by atoms with van der Waals surface area (Å²) in [6.45, 7) is -7.40.